The number of carbonyl (C=O) groups is 1. The van der Waals surface area contributed by atoms with Gasteiger partial charge in [0.15, 0.2) is 5.78 Å². The molecule has 1 rings (SSSR count). The number of benzene rings is 1. The minimum atomic E-state index is -0.155. The fraction of sp³-hybridized carbons (Fsp3) is 0.417. The van der Waals surface area contributed by atoms with Crippen LogP contribution < -0.4 is 4.74 Å². The van der Waals surface area contributed by atoms with Gasteiger partial charge in [0.25, 0.3) is 0 Å². The van der Waals surface area contributed by atoms with Crippen molar-refractivity contribution in [2.45, 2.75) is 6.92 Å². The Labute approximate surface area is 95.5 Å². The minimum Gasteiger partial charge on any atom is -0.507 e. The number of carbonyl (C=O) groups excluding carboxylic acids is 1. The summed E-state index contributed by atoms with van der Waals surface area (Å²) in [7, 11) is 3.92. The molecule has 0 aliphatic rings. The average molecular weight is 223 g/mol. The first-order chi connectivity index (χ1) is 7.50. The van der Waals surface area contributed by atoms with E-state index in [0.717, 1.165) is 6.54 Å². The third-order valence-electron chi connectivity index (χ3n) is 2.16. The van der Waals surface area contributed by atoms with Crippen LogP contribution in [0.5, 0.6) is 11.5 Å². The molecule has 0 aromatic heterocycles. The number of hydrogen-bond acceptors (Lipinski definition) is 4. The van der Waals surface area contributed by atoms with Gasteiger partial charge < -0.3 is 14.7 Å². The zero-order valence-corrected chi connectivity index (χ0v) is 9.86. The lowest BCUT2D eigenvalue weighted by molar-refractivity contribution is 0.101. The molecule has 1 aromatic rings. The summed E-state index contributed by atoms with van der Waals surface area (Å²) in [6.45, 7) is 2.77. The van der Waals surface area contributed by atoms with E-state index in [-0.39, 0.29) is 11.5 Å². The van der Waals surface area contributed by atoms with E-state index in [4.69, 9.17) is 4.74 Å². The van der Waals surface area contributed by atoms with E-state index in [0.29, 0.717) is 17.9 Å². The summed E-state index contributed by atoms with van der Waals surface area (Å²) in [5.41, 5.74) is 0.319. The maximum atomic E-state index is 11.1. The van der Waals surface area contributed by atoms with Crippen LogP contribution in [0.1, 0.15) is 17.3 Å². The highest BCUT2D eigenvalue weighted by molar-refractivity contribution is 5.96. The summed E-state index contributed by atoms with van der Waals surface area (Å²) in [5.74, 6) is 0.386. The van der Waals surface area contributed by atoms with Crippen molar-refractivity contribution in [3.63, 3.8) is 0 Å². The van der Waals surface area contributed by atoms with Crippen molar-refractivity contribution in [3.05, 3.63) is 23.8 Å². The molecular formula is C12H17NO3. The summed E-state index contributed by atoms with van der Waals surface area (Å²) in [6, 6.07) is 4.72. The van der Waals surface area contributed by atoms with Crippen molar-refractivity contribution >= 4 is 5.78 Å². The standard InChI is InChI=1S/C12H17NO3/c1-9(14)11-5-4-10(8-12(11)15)16-7-6-13(2)3/h4-5,8,15H,6-7H2,1-3H3. The van der Waals surface area contributed by atoms with Crippen LogP contribution in [0, 0.1) is 0 Å². The van der Waals surface area contributed by atoms with Gasteiger partial charge in [-0.15, -0.1) is 0 Å². The molecule has 4 nitrogen and oxygen atoms in total. The number of rotatable bonds is 5. The fourth-order valence-corrected chi connectivity index (χ4v) is 1.25. The number of Topliss-reactive ketones (excluding diaryl/α,β-unsaturated/α-hetero) is 1. The van der Waals surface area contributed by atoms with Crippen LogP contribution >= 0.6 is 0 Å². The van der Waals surface area contributed by atoms with Gasteiger partial charge in [0.1, 0.15) is 18.1 Å². The molecule has 0 heterocycles. The Morgan fingerprint density at radius 3 is 2.62 bits per heavy atom. The van der Waals surface area contributed by atoms with Gasteiger partial charge in [-0.2, -0.15) is 0 Å². The van der Waals surface area contributed by atoms with Crippen molar-refractivity contribution in [1.82, 2.24) is 4.90 Å². The third kappa shape index (κ3) is 3.55. The number of likely N-dealkylation sites (N-methyl/N-ethyl adjacent to an activating group) is 1. The largest absolute Gasteiger partial charge is 0.507 e. The number of hydrogen-bond donors (Lipinski definition) is 1. The summed E-state index contributed by atoms with van der Waals surface area (Å²) in [4.78, 5) is 13.1. The van der Waals surface area contributed by atoms with Crippen molar-refractivity contribution in [3.8, 4) is 11.5 Å². The van der Waals surface area contributed by atoms with Gasteiger partial charge in [-0.1, -0.05) is 0 Å². The maximum Gasteiger partial charge on any atom is 0.163 e. The summed E-state index contributed by atoms with van der Waals surface area (Å²) in [5, 5.41) is 9.56. The summed E-state index contributed by atoms with van der Waals surface area (Å²) < 4.78 is 5.42. The molecule has 4 heteroatoms. The number of aromatic hydroxyl groups is 1. The molecule has 1 N–H and O–H groups in total. The molecular weight excluding hydrogens is 206 g/mol. The highest BCUT2D eigenvalue weighted by Crippen LogP contribution is 2.23. The van der Waals surface area contributed by atoms with E-state index in [9.17, 15) is 9.90 Å². The molecule has 0 radical (unpaired) electrons. The normalized spacial score (nSPS) is 10.5. The molecule has 0 fully saturated rings. The van der Waals surface area contributed by atoms with Crippen LogP contribution in [0.25, 0.3) is 0 Å². The third-order valence-corrected chi connectivity index (χ3v) is 2.16. The van der Waals surface area contributed by atoms with Gasteiger partial charge >= 0.3 is 0 Å². The Bertz CT molecular complexity index is 375. The number of phenolic OH excluding ortho intramolecular Hbond substituents is 1. The summed E-state index contributed by atoms with van der Waals surface area (Å²) in [6.07, 6.45) is 0. The lowest BCUT2D eigenvalue weighted by Crippen LogP contribution is -2.19. The zero-order valence-electron chi connectivity index (χ0n) is 9.86. The first kappa shape index (κ1) is 12.5. The van der Waals surface area contributed by atoms with Gasteiger partial charge in [-0.05, 0) is 33.2 Å². The van der Waals surface area contributed by atoms with Gasteiger partial charge in [0, 0.05) is 12.6 Å². The second kappa shape index (κ2) is 5.51. The number of phenols is 1. The van der Waals surface area contributed by atoms with Crippen LogP contribution in [0.15, 0.2) is 18.2 Å². The van der Waals surface area contributed by atoms with Gasteiger partial charge in [-0.3, -0.25) is 4.79 Å². The van der Waals surface area contributed by atoms with E-state index in [2.05, 4.69) is 0 Å². The van der Waals surface area contributed by atoms with Crippen LogP contribution in [0.4, 0.5) is 0 Å². The Morgan fingerprint density at radius 2 is 2.12 bits per heavy atom. The van der Waals surface area contributed by atoms with Crippen LogP contribution in [-0.2, 0) is 0 Å². The first-order valence-electron chi connectivity index (χ1n) is 5.12. The molecule has 88 valence electrons. The number of ether oxygens (including phenoxy) is 1. The van der Waals surface area contributed by atoms with Gasteiger partial charge in [0.05, 0.1) is 5.56 Å². The van der Waals surface area contributed by atoms with Gasteiger partial charge in [0.2, 0.25) is 0 Å². The summed E-state index contributed by atoms with van der Waals surface area (Å²) >= 11 is 0. The molecule has 16 heavy (non-hydrogen) atoms. The average Bonchev–Trinajstić information content (AvgIpc) is 2.16. The first-order valence-corrected chi connectivity index (χ1v) is 5.12. The molecule has 0 atom stereocenters. The van der Waals surface area contributed by atoms with E-state index >= 15 is 0 Å². The Balaban J connectivity index is 2.63. The topological polar surface area (TPSA) is 49.8 Å². The lowest BCUT2D eigenvalue weighted by atomic mass is 10.1. The molecule has 0 amide bonds. The second-order valence-electron chi connectivity index (χ2n) is 3.89. The zero-order chi connectivity index (χ0) is 12.1. The van der Waals surface area contributed by atoms with Crippen molar-refractivity contribution in [2.24, 2.45) is 0 Å². The Morgan fingerprint density at radius 1 is 1.44 bits per heavy atom. The van der Waals surface area contributed by atoms with Crippen molar-refractivity contribution in [2.75, 3.05) is 27.2 Å². The highest BCUT2D eigenvalue weighted by Gasteiger charge is 2.07. The molecule has 0 aliphatic heterocycles. The number of nitrogens with zero attached hydrogens (tertiary/aromatic N) is 1. The monoisotopic (exact) mass is 223 g/mol. The minimum absolute atomic E-state index is 0.0325. The molecule has 0 saturated carbocycles. The van der Waals surface area contributed by atoms with Crippen LogP contribution in [-0.4, -0.2) is 43.0 Å². The van der Waals surface area contributed by atoms with Gasteiger partial charge in [-0.25, -0.2) is 0 Å². The van der Waals surface area contributed by atoms with E-state index < -0.39 is 0 Å². The van der Waals surface area contributed by atoms with Crippen molar-refractivity contribution < 1.29 is 14.6 Å². The predicted octanol–water partition coefficient (Wildman–Crippen LogP) is 1.54. The smallest absolute Gasteiger partial charge is 0.163 e. The van der Waals surface area contributed by atoms with Crippen LogP contribution in [0.3, 0.4) is 0 Å². The molecule has 0 spiro atoms. The maximum absolute atomic E-state index is 11.1. The van der Waals surface area contributed by atoms with E-state index in [1.807, 2.05) is 19.0 Å². The fourth-order valence-electron chi connectivity index (χ4n) is 1.25. The van der Waals surface area contributed by atoms with E-state index in [1.165, 1.54) is 13.0 Å². The van der Waals surface area contributed by atoms with Crippen LogP contribution in [0.2, 0.25) is 0 Å². The van der Waals surface area contributed by atoms with Crippen molar-refractivity contribution in [1.29, 1.82) is 0 Å². The quantitative estimate of drug-likeness (QED) is 0.769. The van der Waals surface area contributed by atoms with E-state index in [1.54, 1.807) is 12.1 Å². The number of ketones is 1. The molecule has 0 unspecified atom stereocenters. The second-order valence-corrected chi connectivity index (χ2v) is 3.89. The molecule has 0 bridgehead atoms. The predicted molar refractivity (Wildman–Crippen MR) is 62.2 cm³/mol. The SMILES string of the molecule is CC(=O)c1ccc(OCCN(C)C)cc1O. The molecule has 0 saturated heterocycles. The lowest BCUT2D eigenvalue weighted by Gasteiger charge is -2.11. The molecule has 1 aromatic carbocycles. The highest BCUT2D eigenvalue weighted by atomic mass is 16.5. The Hall–Kier alpha value is -1.55. The Kier molecular flexibility index (Phi) is 4.31. The molecule has 0 aliphatic carbocycles.